The molecule has 0 unspecified atom stereocenters. The summed E-state index contributed by atoms with van der Waals surface area (Å²) in [6.07, 6.45) is 0.0820. The van der Waals surface area contributed by atoms with Crippen LogP contribution in [-0.4, -0.2) is 47.3 Å². The van der Waals surface area contributed by atoms with Gasteiger partial charge in [-0.3, -0.25) is 5.41 Å². The molecule has 8 nitrogen and oxygen atoms in total. The Morgan fingerprint density at radius 3 is 2.41 bits per heavy atom. The standard InChI is InChI=1S/C16H16N4O2S3.C2HF3O2/c1-20-9-19-8-12(20)10-4-3-5-11(6-10)25(21,22)14-7-13(15(17)18)24-16(14)23-2;3-2(4,5)1(6)7/h3-9H,1-2H3,(H3,17,18);(H,6,7). The van der Waals surface area contributed by atoms with E-state index in [0.717, 1.165) is 11.3 Å². The van der Waals surface area contributed by atoms with Crippen molar-refractivity contribution in [2.24, 2.45) is 12.8 Å². The molecule has 3 aromatic rings. The Labute approximate surface area is 189 Å². The number of nitrogen functional groups attached to an aromatic ring is 1. The average molecular weight is 507 g/mol. The minimum absolute atomic E-state index is 0.134. The van der Waals surface area contributed by atoms with Crippen molar-refractivity contribution in [3.63, 3.8) is 0 Å². The molecule has 0 atom stereocenters. The highest BCUT2D eigenvalue weighted by Gasteiger charge is 2.38. The van der Waals surface area contributed by atoms with Crippen LogP contribution in [0.5, 0.6) is 0 Å². The van der Waals surface area contributed by atoms with Crippen LogP contribution in [0.25, 0.3) is 11.3 Å². The molecule has 0 saturated carbocycles. The number of aryl methyl sites for hydroxylation is 1. The van der Waals surface area contributed by atoms with Crippen molar-refractivity contribution in [3.8, 4) is 11.3 Å². The molecule has 32 heavy (non-hydrogen) atoms. The number of rotatable bonds is 5. The van der Waals surface area contributed by atoms with E-state index < -0.39 is 22.0 Å². The third-order valence-corrected chi connectivity index (χ3v) is 8.24. The van der Waals surface area contributed by atoms with Crippen LogP contribution in [0.1, 0.15) is 4.88 Å². The number of thioether (sulfide) groups is 1. The van der Waals surface area contributed by atoms with Gasteiger partial charge in [-0.25, -0.2) is 18.2 Å². The lowest BCUT2D eigenvalue weighted by Gasteiger charge is -2.07. The van der Waals surface area contributed by atoms with E-state index in [1.54, 1.807) is 37.0 Å². The number of hydrogen-bond donors (Lipinski definition) is 3. The number of carboxylic acids is 1. The van der Waals surface area contributed by atoms with Crippen molar-refractivity contribution in [2.75, 3.05) is 6.26 Å². The lowest BCUT2D eigenvalue weighted by molar-refractivity contribution is -0.192. The molecule has 0 aliphatic rings. The van der Waals surface area contributed by atoms with E-state index in [9.17, 15) is 21.6 Å². The van der Waals surface area contributed by atoms with Gasteiger partial charge >= 0.3 is 12.1 Å². The molecule has 2 aromatic heterocycles. The van der Waals surface area contributed by atoms with Gasteiger partial charge in [-0.05, 0) is 24.5 Å². The van der Waals surface area contributed by atoms with Crippen LogP contribution in [-0.2, 0) is 21.7 Å². The summed E-state index contributed by atoms with van der Waals surface area (Å²) in [5.41, 5.74) is 7.12. The van der Waals surface area contributed by atoms with Crippen LogP contribution in [0.2, 0.25) is 0 Å². The molecule has 1 aromatic carbocycles. The fourth-order valence-electron chi connectivity index (χ4n) is 2.40. The Morgan fingerprint density at radius 1 is 1.31 bits per heavy atom. The van der Waals surface area contributed by atoms with Gasteiger partial charge in [-0.1, -0.05) is 12.1 Å². The summed E-state index contributed by atoms with van der Waals surface area (Å²) in [4.78, 5) is 13.8. The van der Waals surface area contributed by atoms with Gasteiger partial charge in [0.2, 0.25) is 9.84 Å². The Balaban J connectivity index is 0.000000451. The van der Waals surface area contributed by atoms with Gasteiger partial charge in [0.25, 0.3) is 0 Å². The first-order valence-electron chi connectivity index (χ1n) is 8.43. The summed E-state index contributed by atoms with van der Waals surface area (Å²) in [5.74, 6) is -2.89. The number of carboxylic acid groups (broad SMARTS) is 1. The second-order valence-corrected chi connectivity index (χ2v) is 10.1. The number of benzene rings is 1. The lowest BCUT2D eigenvalue weighted by Crippen LogP contribution is -2.21. The highest BCUT2D eigenvalue weighted by atomic mass is 32.2. The molecule has 0 amide bonds. The zero-order valence-electron chi connectivity index (χ0n) is 16.5. The molecule has 0 aliphatic heterocycles. The lowest BCUT2D eigenvalue weighted by atomic mass is 10.2. The number of alkyl halides is 3. The smallest absolute Gasteiger partial charge is 0.475 e. The molecule has 0 bridgehead atoms. The summed E-state index contributed by atoms with van der Waals surface area (Å²) >= 11 is 2.55. The summed E-state index contributed by atoms with van der Waals surface area (Å²) < 4.78 is 60.4. The zero-order chi connectivity index (χ0) is 24.3. The number of hydrogen-bond acceptors (Lipinski definition) is 7. The number of aliphatic carboxylic acids is 1. The van der Waals surface area contributed by atoms with E-state index in [4.69, 9.17) is 21.0 Å². The number of carbonyl (C=O) groups is 1. The second kappa shape index (κ2) is 9.75. The molecule has 172 valence electrons. The first-order chi connectivity index (χ1) is 14.8. The number of halogens is 3. The Kier molecular flexibility index (Phi) is 7.74. The Bertz CT molecular complexity index is 1250. The minimum atomic E-state index is -5.08. The Morgan fingerprint density at radius 2 is 1.94 bits per heavy atom. The SMILES string of the molecule is CSc1sc(C(=N)N)cc1S(=O)(=O)c1cccc(-c2cncn2C)c1.O=C(O)C(F)(F)F. The van der Waals surface area contributed by atoms with Crippen LogP contribution >= 0.6 is 23.1 Å². The maximum absolute atomic E-state index is 13.1. The van der Waals surface area contributed by atoms with Gasteiger partial charge < -0.3 is 15.4 Å². The van der Waals surface area contributed by atoms with Crippen molar-refractivity contribution in [1.82, 2.24) is 9.55 Å². The van der Waals surface area contributed by atoms with E-state index in [1.165, 1.54) is 29.2 Å². The zero-order valence-corrected chi connectivity index (χ0v) is 19.0. The fourth-order valence-corrected chi connectivity index (χ4v) is 6.31. The van der Waals surface area contributed by atoms with Crippen molar-refractivity contribution < 1.29 is 31.5 Å². The van der Waals surface area contributed by atoms with Crippen LogP contribution in [0.4, 0.5) is 13.2 Å². The van der Waals surface area contributed by atoms with Crippen molar-refractivity contribution in [2.45, 2.75) is 20.2 Å². The number of sulfone groups is 1. The number of thiophene rings is 1. The maximum atomic E-state index is 13.1. The van der Waals surface area contributed by atoms with E-state index >= 15 is 0 Å². The molecule has 14 heteroatoms. The number of amidine groups is 1. The van der Waals surface area contributed by atoms with Crippen LogP contribution < -0.4 is 5.73 Å². The molecular formula is C18H17F3N4O4S3. The highest BCUT2D eigenvalue weighted by molar-refractivity contribution is 8.01. The maximum Gasteiger partial charge on any atom is 0.490 e. The fraction of sp³-hybridized carbons (Fsp3) is 0.167. The molecule has 4 N–H and O–H groups in total. The summed E-state index contributed by atoms with van der Waals surface area (Å²) in [5, 5.41) is 14.7. The van der Waals surface area contributed by atoms with Crippen molar-refractivity contribution >= 4 is 44.7 Å². The summed E-state index contributed by atoms with van der Waals surface area (Å²) in [6.45, 7) is 0. The van der Waals surface area contributed by atoms with Gasteiger partial charge in [0.15, 0.2) is 0 Å². The van der Waals surface area contributed by atoms with Crippen LogP contribution in [0.3, 0.4) is 0 Å². The quantitative estimate of drug-likeness (QED) is 0.273. The number of nitrogens with two attached hydrogens (primary N) is 1. The number of imidazole rings is 1. The molecule has 0 fully saturated rings. The highest BCUT2D eigenvalue weighted by Crippen LogP contribution is 2.37. The third-order valence-electron chi connectivity index (χ3n) is 3.91. The minimum Gasteiger partial charge on any atom is -0.475 e. The van der Waals surface area contributed by atoms with E-state index in [2.05, 4.69) is 4.98 Å². The summed E-state index contributed by atoms with van der Waals surface area (Å²) in [6, 6.07) is 8.25. The van der Waals surface area contributed by atoms with Gasteiger partial charge in [0.05, 0.1) is 37.1 Å². The molecule has 0 aliphatic carbocycles. The third kappa shape index (κ3) is 5.69. The van der Waals surface area contributed by atoms with Gasteiger partial charge in [-0.2, -0.15) is 13.2 Å². The largest absolute Gasteiger partial charge is 0.490 e. The second-order valence-electron chi connectivity index (χ2n) is 6.10. The molecule has 3 rings (SSSR count). The first-order valence-corrected chi connectivity index (χ1v) is 12.0. The van der Waals surface area contributed by atoms with Crippen molar-refractivity contribution in [3.05, 3.63) is 47.7 Å². The Hall–Kier alpha value is -2.84. The van der Waals surface area contributed by atoms with E-state index in [1.807, 2.05) is 17.7 Å². The topological polar surface area (TPSA) is 139 Å². The molecule has 0 saturated heterocycles. The number of aromatic nitrogens is 2. The van der Waals surface area contributed by atoms with Gasteiger partial charge in [0.1, 0.15) is 5.84 Å². The summed E-state index contributed by atoms with van der Waals surface area (Å²) in [7, 11) is -1.86. The number of nitrogens with zero attached hydrogens (tertiary/aromatic N) is 2. The predicted octanol–water partition coefficient (Wildman–Crippen LogP) is 3.62. The number of nitrogens with one attached hydrogen (secondary N) is 1. The van der Waals surface area contributed by atoms with Gasteiger partial charge in [0, 0.05) is 12.6 Å². The predicted molar refractivity (Wildman–Crippen MR) is 115 cm³/mol. The monoisotopic (exact) mass is 506 g/mol. The molecule has 0 radical (unpaired) electrons. The average Bonchev–Trinajstić information content (AvgIpc) is 3.34. The molecule has 0 spiro atoms. The van der Waals surface area contributed by atoms with Gasteiger partial charge in [-0.15, -0.1) is 23.1 Å². The first kappa shape index (κ1) is 25.4. The van der Waals surface area contributed by atoms with E-state index in [-0.39, 0.29) is 15.6 Å². The van der Waals surface area contributed by atoms with Crippen LogP contribution in [0.15, 0.2) is 56.9 Å². The van der Waals surface area contributed by atoms with E-state index in [0.29, 0.717) is 9.09 Å². The van der Waals surface area contributed by atoms with Crippen molar-refractivity contribution in [1.29, 1.82) is 5.41 Å². The molecule has 2 heterocycles. The molecular weight excluding hydrogens is 489 g/mol. The van der Waals surface area contributed by atoms with Crippen LogP contribution in [0, 0.1) is 5.41 Å². The normalized spacial score (nSPS) is 11.5.